The van der Waals surface area contributed by atoms with E-state index in [0.29, 0.717) is 37.0 Å². The maximum Gasteiger partial charge on any atom is 0.228 e. The lowest BCUT2D eigenvalue weighted by Crippen LogP contribution is -2.47. The monoisotopic (exact) mass is 518 g/mol. The van der Waals surface area contributed by atoms with Gasteiger partial charge in [-0.15, -0.1) is 11.3 Å². The first kappa shape index (κ1) is 28.0. The SMILES string of the molecule is C=C(OC1CC(C(=O)N2C(O)CCC2c2cc(F)cc(F)c2)C1)c1cc(C)sc1/N=C\CCC.CC. The summed E-state index contributed by atoms with van der Waals surface area (Å²) in [5.41, 5.74) is 1.24. The molecule has 196 valence electrons. The molecular formula is C28H36F2N2O3S. The summed E-state index contributed by atoms with van der Waals surface area (Å²) < 4.78 is 33.5. The number of likely N-dealkylation sites (tertiary alicyclic amines) is 1. The van der Waals surface area contributed by atoms with Crippen LogP contribution in [0.4, 0.5) is 13.8 Å². The highest BCUT2D eigenvalue weighted by molar-refractivity contribution is 7.16. The molecule has 2 unspecified atom stereocenters. The number of nitrogens with zero attached hydrogens (tertiary/aromatic N) is 2. The highest BCUT2D eigenvalue weighted by Gasteiger charge is 2.45. The molecule has 36 heavy (non-hydrogen) atoms. The molecule has 1 aliphatic carbocycles. The Morgan fingerprint density at radius 2 is 1.89 bits per heavy atom. The van der Waals surface area contributed by atoms with Crippen molar-refractivity contribution in [2.45, 2.75) is 84.6 Å². The summed E-state index contributed by atoms with van der Waals surface area (Å²) in [5, 5.41) is 11.3. The number of halogens is 2. The summed E-state index contributed by atoms with van der Waals surface area (Å²) in [6.45, 7) is 12.2. The average molecular weight is 519 g/mol. The molecule has 5 nitrogen and oxygen atoms in total. The van der Waals surface area contributed by atoms with Crippen molar-refractivity contribution >= 4 is 34.2 Å². The number of aliphatic imine (C=N–C) groups is 1. The largest absolute Gasteiger partial charge is 0.490 e. The van der Waals surface area contributed by atoms with Gasteiger partial charge in [0.15, 0.2) is 0 Å². The van der Waals surface area contributed by atoms with E-state index >= 15 is 0 Å². The molecule has 1 aromatic carbocycles. The predicted molar refractivity (Wildman–Crippen MR) is 141 cm³/mol. The van der Waals surface area contributed by atoms with E-state index in [2.05, 4.69) is 18.5 Å². The van der Waals surface area contributed by atoms with Crippen LogP contribution in [0.5, 0.6) is 0 Å². The molecule has 2 aromatic rings. The summed E-state index contributed by atoms with van der Waals surface area (Å²) in [6.07, 6.45) is 4.55. The van der Waals surface area contributed by atoms with Gasteiger partial charge in [-0.2, -0.15) is 0 Å². The van der Waals surface area contributed by atoms with E-state index in [1.807, 2.05) is 33.1 Å². The summed E-state index contributed by atoms with van der Waals surface area (Å²) in [7, 11) is 0. The molecule has 1 N–H and O–H groups in total. The van der Waals surface area contributed by atoms with Crippen LogP contribution >= 0.6 is 11.3 Å². The second kappa shape index (κ2) is 12.6. The maximum absolute atomic E-state index is 13.7. The first-order valence-corrected chi connectivity index (χ1v) is 13.5. The first-order chi connectivity index (χ1) is 17.3. The van der Waals surface area contributed by atoms with Crippen molar-refractivity contribution in [1.82, 2.24) is 4.90 Å². The van der Waals surface area contributed by atoms with Crippen molar-refractivity contribution in [3.63, 3.8) is 0 Å². The normalized spacial score (nSPS) is 23.2. The predicted octanol–water partition coefficient (Wildman–Crippen LogP) is 7.31. The first-order valence-electron chi connectivity index (χ1n) is 12.7. The Balaban J connectivity index is 0.00000176. The number of unbranched alkanes of at least 4 members (excludes halogenated alkanes) is 1. The van der Waals surface area contributed by atoms with Gasteiger partial charge in [0.25, 0.3) is 0 Å². The second-order valence-electron chi connectivity index (χ2n) is 9.03. The van der Waals surface area contributed by atoms with Gasteiger partial charge in [-0.1, -0.05) is 33.8 Å². The molecule has 4 rings (SSSR count). The van der Waals surface area contributed by atoms with Crippen molar-refractivity contribution in [3.05, 3.63) is 58.5 Å². The Bertz CT molecular complexity index is 1070. The zero-order valence-electron chi connectivity index (χ0n) is 21.5. The number of thiophene rings is 1. The number of carbonyl (C=O) groups excluding carboxylic acids is 1. The van der Waals surface area contributed by atoms with Crippen LogP contribution in [0, 0.1) is 24.5 Å². The lowest BCUT2D eigenvalue weighted by molar-refractivity contribution is -0.152. The van der Waals surface area contributed by atoms with Crippen molar-refractivity contribution < 1.29 is 23.4 Å². The minimum atomic E-state index is -0.962. The van der Waals surface area contributed by atoms with E-state index < -0.39 is 23.9 Å². The second-order valence-corrected chi connectivity index (χ2v) is 10.3. The third-order valence-corrected chi connectivity index (χ3v) is 7.35. The number of amides is 1. The molecule has 1 saturated heterocycles. The fourth-order valence-electron chi connectivity index (χ4n) is 4.60. The van der Waals surface area contributed by atoms with Gasteiger partial charge in [-0.25, -0.2) is 13.8 Å². The van der Waals surface area contributed by atoms with Crippen molar-refractivity contribution in [2.75, 3.05) is 0 Å². The average Bonchev–Trinajstić information content (AvgIpc) is 3.38. The third kappa shape index (κ3) is 6.40. The highest BCUT2D eigenvalue weighted by Crippen LogP contribution is 2.43. The van der Waals surface area contributed by atoms with Crippen LogP contribution in [0.3, 0.4) is 0 Å². The molecule has 0 spiro atoms. The number of rotatable bonds is 8. The molecule has 1 aliphatic heterocycles. The van der Waals surface area contributed by atoms with Gasteiger partial charge in [0, 0.05) is 23.1 Å². The molecule has 2 atom stereocenters. The number of hydrogen-bond acceptors (Lipinski definition) is 5. The van der Waals surface area contributed by atoms with Crippen LogP contribution in [-0.2, 0) is 9.53 Å². The van der Waals surface area contributed by atoms with E-state index in [1.165, 1.54) is 17.0 Å². The molecule has 2 fully saturated rings. The van der Waals surface area contributed by atoms with Crippen LogP contribution in [0.2, 0.25) is 0 Å². The molecule has 2 heterocycles. The summed E-state index contributed by atoms with van der Waals surface area (Å²) in [4.78, 5) is 20.2. The zero-order chi connectivity index (χ0) is 26.4. The molecule has 8 heteroatoms. The van der Waals surface area contributed by atoms with Crippen LogP contribution in [0.1, 0.15) is 81.3 Å². The number of aryl methyl sites for hydroxylation is 1. The van der Waals surface area contributed by atoms with Crippen molar-refractivity contribution in [3.8, 4) is 0 Å². The van der Waals surface area contributed by atoms with Gasteiger partial charge in [-0.05, 0) is 62.8 Å². The number of carbonyl (C=O) groups is 1. The molecular weight excluding hydrogens is 482 g/mol. The Morgan fingerprint density at radius 3 is 2.53 bits per heavy atom. The van der Waals surface area contributed by atoms with Crippen LogP contribution in [0.25, 0.3) is 5.76 Å². The van der Waals surface area contributed by atoms with Gasteiger partial charge in [0.1, 0.15) is 34.7 Å². The number of aliphatic hydroxyl groups excluding tert-OH is 1. The van der Waals surface area contributed by atoms with Gasteiger partial charge < -0.3 is 14.7 Å². The molecule has 1 saturated carbocycles. The molecule has 0 radical (unpaired) electrons. The summed E-state index contributed by atoms with van der Waals surface area (Å²) in [6, 6.07) is 4.73. The topological polar surface area (TPSA) is 62.1 Å². The molecule has 2 aliphatic rings. The summed E-state index contributed by atoms with van der Waals surface area (Å²) in [5.74, 6) is -1.36. The summed E-state index contributed by atoms with van der Waals surface area (Å²) >= 11 is 1.59. The Hall–Kier alpha value is -2.58. The maximum atomic E-state index is 13.7. The van der Waals surface area contributed by atoms with Crippen molar-refractivity contribution in [1.29, 1.82) is 0 Å². The number of ether oxygens (including phenoxy) is 1. The van der Waals surface area contributed by atoms with E-state index in [-0.39, 0.29) is 17.9 Å². The van der Waals surface area contributed by atoms with Crippen LogP contribution in [0.15, 0.2) is 35.8 Å². The fourth-order valence-corrected chi connectivity index (χ4v) is 5.49. The lowest BCUT2D eigenvalue weighted by atomic mass is 9.81. The van der Waals surface area contributed by atoms with Crippen molar-refractivity contribution in [2.24, 2.45) is 10.9 Å². The van der Waals surface area contributed by atoms with Gasteiger partial charge in [0.05, 0.1) is 11.6 Å². The minimum Gasteiger partial charge on any atom is -0.490 e. The Kier molecular flexibility index (Phi) is 9.79. The van der Waals surface area contributed by atoms with E-state index in [9.17, 15) is 18.7 Å². The number of hydrogen-bond donors (Lipinski definition) is 1. The molecule has 1 amide bonds. The van der Waals surface area contributed by atoms with E-state index in [0.717, 1.165) is 34.3 Å². The highest BCUT2D eigenvalue weighted by atomic mass is 32.1. The minimum absolute atomic E-state index is 0.154. The molecule has 0 bridgehead atoms. The standard InChI is InChI=1S/C26H30F2N2O3S.C2H6/c1-4-5-8-29-25-22(9-15(2)34-25)16(3)33-21-12-18(13-21)26(32)30-23(6-7-24(30)31)17-10-19(27)14-20(28)11-17;1-2/h8-11,14,18,21,23-24,31H,3-7,12-13H2,1-2H3;1-2H3/b29-8-;. The molecule has 1 aromatic heterocycles. The van der Waals surface area contributed by atoms with Crippen LogP contribution in [-0.4, -0.2) is 34.5 Å². The Morgan fingerprint density at radius 1 is 1.22 bits per heavy atom. The Labute approximate surface area is 216 Å². The van der Waals surface area contributed by atoms with E-state index in [1.54, 1.807) is 11.3 Å². The fraction of sp³-hybridized carbons (Fsp3) is 0.500. The quantitative estimate of drug-likeness (QED) is 0.294. The van der Waals surface area contributed by atoms with Gasteiger partial charge in [-0.3, -0.25) is 4.79 Å². The van der Waals surface area contributed by atoms with Crippen LogP contribution < -0.4 is 0 Å². The zero-order valence-corrected chi connectivity index (χ0v) is 22.3. The van der Waals surface area contributed by atoms with E-state index in [4.69, 9.17) is 4.74 Å². The third-order valence-electron chi connectivity index (χ3n) is 6.39. The number of aliphatic hydroxyl groups is 1. The van der Waals surface area contributed by atoms with Gasteiger partial charge >= 0.3 is 0 Å². The lowest BCUT2D eigenvalue weighted by Gasteiger charge is -2.39. The van der Waals surface area contributed by atoms with Gasteiger partial charge in [0.2, 0.25) is 5.91 Å². The number of benzene rings is 1. The smallest absolute Gasteiger partial charge is 0.228 e.